The Morgan fingerprint density at radius 3 is 2.69 bits per heavy atom. The van der Waals surface area contributed by atoms with Gasteiger partial charge in [-0.1, -0.05) is 6.30 Å². The van der Waals surface area contributed by atoms with Gasteiger partial charge in [-0.15, -0.1) is 0 Å². The third kappa shape index (κ3) is 3.82. The van der Waals surface area contributed by atoms with Crippen LogP contribution in [0.1, 0.15) is 19.8 Å². The van der Waals surface area contributed by atoms with E-state index in [4.69, 9.17) is 13.8 Å². The first-order valence-corrected chi connectivity index (χ1v) is 6.86. The zero-order chi connectivity index (χ0) is 9.90. The summed E-state index contributed by atoms with van der Waals surface area (Å²) in [5, 5.41) is 0. The summed E-state index contributed by atoms with van der Waals surface area (Å²) in [4.78, 5) is 0. The minimum absolute atomic E-state index is 0.242. The van der Waals surface area contributed by atoms with E-state index in [-0.39, 0.29) is 6.10 Å². The fourth-order valence-electron chi connectivity index (χ4n) is 1.30. The van der Waals surface area contributed by atoms with Gasteiger partial charge in [0.1, 0.15) is 7.34 Å². The normalized spacial score (nSPS) is 33.2. The maximum atomic E-state index is 5.61. The summed E-state index contributed by atoms with van der Waals surface area (Å²) >= 11 is 0. The molecule has 0 amide bonds. The van der Waals surface area contributed by atoms with Gasteiger partial charge in [0.05, 0.1) is 18.8 Å². The quantitative estimate of drug-likeness (QED) is 0.659. The van der Waals surface area contributed by atoms with E-state index in [0.29, 0.717) is 12.7 Å². The lowest BCUT2D eigenvalue weighted by atomic mass is 10.2. The van der Waals surface area contributed by atoms with Crippen molar-refractivity contribution in [2.24, 2.45) is 0 Å². The number of ether oxygens (including phenoxy) is 1. The van der Waals surface area contributed by atoms with Crippen molar-refractivity contribution in [3.05, 3.63) is 0 Å². The van der Waals surface area contributed by atoms with Gasteiger partial charge in [-0.25, -0.2) is 0 Å². The van der Waals surface area contributed by atoms with Crippen LogP contribution in [-0.2, 0) is 13.8 Å². The van der Waals surface area contributed by atoms with Crippen molar-refractivity contribution in [3.63, 3.8) is 0 Å². The Morgan fingerprint density at radius 1 is 1.54 bits per heavy atom. The van der Waals surface area contributed by atoms with Gasteiger partial charge in [-0.3, -0.25) is 0 Å². The minimum Gasteiger partial charge on any atom is -0.373 e. The maximum absolute atomic E-state index is 5.61. The van der Waals surface area contributed by atoms with Crippen LogP contribution >= 0.6 is 7.34 Å². The zero-order valence-electron chi connectivity index (χ0n) is 8.66. The van der Waals surface area contributed by atoms with Crippen molar-refractivity contribution in [1.82, 2.24) is 0 Å². The van der Waals surface area contributed by atoms with Crippen LogP contribution in [0.5, 0.6) is 0 Å². The van der Waals surface area contributed by atoms with Crippen LogP contribution in [0.15, 0.2) is 0 Å². The van der Waals surface area contributed by atoms with E-state index in [1.165, 1.54) is 0 Å². The molecule has 0 aromatic heterocycles. The highest BCUT2D eigenvalue weighted by Gasteiger charge is 2.23. The van der Waals surface area contributed by atoms with Crippen LogP contribution in [0.25, 0.3) is 0 Å². The smallest absolute Gasteiger partial charge is 0.114 e. The summed E-state index contributed by atoms with van der Waals surface area (Å²) in [7, 11) is -0.188. The second kappa shape index (κ2) is 4.61. The second-order valence-corrected chi connectivity index (χ2v) is 6.29. The molecule has 0 bridgehead atoms. The van der Waals surface area contributed by atoms with Crippen molar-refractivity contribution in [2.45, 2.75) is 32.0 Å². The topological polar surface area (TPSA) is 27.7 Å². The highest BCUT2D eigenvalue weighted by molar-refractivity contribution is 7.63. The molecule has 4 heteroatoms. The summed E-state index contributed by atoms with van der Waals surface area (Å²) in [5.41, 5.74) is 0. The predicted octanol–water partition coefficient (Wildman–Crippen LogP) is 2.13. The molecule has 0 aromatic rings. The van der Waals surface area contributed by atoms with Crippen LogP contribution in [0.4, 0.5) is 0 Å². The van der Waals surface area contributed by atoms with Crippen molar-refractivity contribution in [1.29, 1.82) is 0 Å². The Hall–Kier alpha value is 0.180. The van der Waals surface area contributed by atoms with E-state index in [1.54, 1.807) is 7.11 Å². The monoisotopic (exact) mass is 206 g/mol. The largest absolute Gasteiger partial charge is 0.373 e. The van der Waals surface area contributed by atoms with E-state index in [9.17, 15) is 0 Å². The highest BCUT2D eigenvalue weighted by Crippen LogP contribution is 2.42. The van der Waals surface area contributed by atoms with Crippen LogP contribution in [0.3, 0.4) is 0 Å². The molecule has 0 spiro atoms. The summed E-state index contributed by atoms with van der Waals surface area (Å²) in [6.07, 6.45) is 6.72. The molecule has 0 aliphatic carbocycles. The number of rotatable bonds is 4. The molecule has 1 saturated heterocycles. The Morgan fingerprint density at radius 2 is 2.23 bits per heavy atom. The summed E-state index contributed by atoms with van der Waals surface area (Å²) in [6, 6.07) is 0. The Balaban J connectivity index is 2.23. The van der Waals surface area contributed by atoms with Gasteiger partial charge in [0, 0.05) is 13.8 Å². The SMILES string of the molecule is C=P(C)(OC)OCC1CCC(C)O1. The van der Waals surface area contributed by atoms with Gasteiger partial charge in [0.25, 0.3) is 0 Å². The van der Waals surface area contributed by atoms with E-state index < -0.39 is 7.34 Å². The lowest BCUT2D eigenvalue weighted by molar-refractivity contribution is 0.0261. The van der Waals surface area contributed by atoms with Crippen LogP contribution < -0.4 is 0 Å². The van der Waals surface area contributed by atoms with E-state index in [0.717, 1.165) is 12.8 Å². The molecule has 0 aromatic carbocycles. The van der Waals surface area contributed by atoms with E-state index >= 15 is 0 Å². The summed E-state index contributed by atoms with van der Waals surface area (Å²) in [5.74, 6) is 0. The molecular weight excluding hydrogens is 187 g/mol. The zero-order valence-corrected chi connectivity index (χ0v) is 9.55. The highest BCUT2D eigenvalue weighted by atomic mass is 31.2. The van der Waals surface area contributed by atoms with Crippen molar-refractivity contribution in [3.8, 4) is 0 Å². The third-order valence-electron chi connectivity index (χ3n) is 2.24. The van der Waals surface area contributed by atoms with Crippen molar-refractivity contribution < 1.29 is 13.8 Å². The standard InChI is InChI=1S/C9H19O3P/c1-8-5-6-9(12-8)7-11-13(3,4)10-2/h8-9H,3,5-7H2,1-2,4H3. The molecule has 1 aliphatic rings. The maximum Gasteiger partial charge on any atom is 0.114 e. The molecule has 1 heterocycles. The van der Waals surface area contributed by atoms with Crippen molar-refractivity contribution in [2.75, 3.05) is 20.4 Å². The van der Waals surface area contributed by atoms with Gasteiger partial charge in [-0.2, -0.15) is 0 Å². The summed E-state index contributed by atoms with van der Waals surface area (Å²) in [6.45, 7) is 4.62. The Labute approximate surface area is 80.5 Å². The number of hydrogen-bond donors (Lipinski definition) is 0. The molecule has 3 unspecified atom stereocenters. The second-order valence-electron chi connectivity index (χ2n) is 3.64. The molecule has 13 heavy (non-hydrogen) atoms. The minimum atomic E-state index is -1.83. The van der Waals surface area contributed by atoms with Gasteiger partial charge >= 0.3 is 0 Å². The lowest BCUT2D eigenvalue weighted by Crippen LogP contribution is -2.15. The van der Waals surface area contributed by atoms with Crippen LogP contribution in [-0.4, -0.2) is 38.9 Å². The Kier molecular flexibility index (Phi) is 3.99. The van der Waals surface area contributed by atoms with Gasteiger partial charge in [0.2, 0.25) is 0 Å². The third-order valence-corrected chi connectivity index (χ3v) is 3.71. The van der Waals surface area contributed by atoms with Gasteiger partial charge < -0.3 is 13.8 Å². The first-order valence-electron chi connectivity index (χ1n) is 4.60. The van der Waals surface area contributed by atoms with E-state index in [1.807, 2.05) is 6.66 Å². The lowest BCUT2D eigenvalue weighted by Gasteiger charge is -2.20. The first kappa shape index (κ1) is 11.3. The fourth-order valence-corrected chi connectivity index (χ4v) is 1.89. The fraction of sp³-hybridized carbons (Fsp3) is 0.889. The van der Waals surface area contributed by atoms with Gasteiger partial charge in [0.15, 0.2) is 0 Å². The molecule has 1 aliphatic heterocycles. The predicted molar refractivity (Wildman–Crippen MR) is 56.5 cm³/mol. The molecule has 0 N–H and O–H groups in total. The van der Waals surface area contributed by atoms with E-state index in [2.05, 4.69) is 13.2 Å². The first-order chi connectivity index (χ1) is 6.03. The van der Waals surface area contributed by atoms with Crippen LogP contribution in [0, 0.1) is 0 Å². The summed E-state index contributed by atoms with van der Waals surface area (Å²) < 4.78 is 16.3. The molecule has 0 saturated carbocycles. The molecular formula is C9H19O3P. The average Bonchev–Trinajstić information content (AvgIpc) is 2.48. The average molecular weight is 206 g/mol. The molecule has 3 nitrogen and oxygen atoms in total. The van der Waals surface area contributed by atoms with Gasteiger partial charge in [-0.05, 0) is 19.8 Å². The Bertz CT molecular complexity index is 205. The molecule has 0 radical (unpaired) electrons. The molecule has 78 valence electrons. The van der Waals surface area contributed by atoms with Crippen molar-refractivity contribution >= 4 is 13.6 Å². The molecule has 3 atom stereocenters. The number of hydrogen-bond acceptors (Lipinski definition) is 3. The van der Waals surface area contributed by atoms with Crippen LogP contribution in [0.2, 0.25) is 0 Å². The molecule has 1 fully saturated rings. The molecule has 1 rings (SSSR count).